The van der Waals surface area contributed by atoms with Gasteiger partial charge in [-0.3, -0.25) is 19.1 Å². The molecule has 23 heavy (non-hydrogen) atoms. The van der Waals surface area contributed by atoms with Gasteiger partial charge in [-0.05, 0) is 36.7 Å². The number of pyridine rings is 1. The first-order valence-electron chi connectivity index (χ1n) is 7.61. The second kappa shape index (κ2) is 7.62. The van der Waals surface area contributed by atoms with E-state index in [1.165, 1.54) is 11.7 Å². The van der Waals surface area contributed by atoms with Crippen LogP contribution in [0.1, 0.15) is 19.4 Å². The largest absolute Gasteiger partial charge is 0.468 e. The summed E-state index contributed by atoms with van der Waals surface area (Å²) in [5.74, 6) is -0.464. The Hall–Kier alpha value is -1.85. The second-order valence-electron chi connectivity index (χ2n) is 5.30. The zero-order valence-electron chi connectivity index (χ0n) is 13.6. The molecule has 2 aromatic rings. The predicted molar refractivity (Wildman–Crippen MR) is 91.9 cm³/mol. The Bertz CT molecular complexity index is 766. The van der Waals surface area contributed by atoms with Gasteiger partial charge in [0, 0.05) is 17.1 Å². The molecule has 0 unspecified atom stereocenters. The fourth-order valence-corrected chi connectivity index (χ4v) is 2.72. The molecule has 0 aliphatic carbocycles. The molecule has 5 nitrogen and oxygen atoms in total. The van der Waals surface area contributed by atoms with Gasteiger partial charge in [0.2, 0.25) is 0 Å². The Morgan fingerprint density at radius 2 is 1.96 bits per heavy atom. The highest BCUT2D eigenvalue weighted by molar-refractivity contribution is 6.31. The van der Waals surface area contributed by atoms with Crippen molar-refractivity contribution >= 4 is 28.5 Å². The van der Waals surface area contributed by atoms with Crippen LogP contribution in [0.3, 0.4) is 0 Å². The quantitative estimate of drug-likeness (QED) is 0.761. The van der Waals surface area contributed by atoms with Crippen molar-refractivity contribution in [3.8, 4) is 0 Å². The predicted octanol–water partition coefficient (Wildman–Crippen LogP) is 2.67. The van der Waals surface area contributed by atoms with Gasteiger partial charge in [0.25, 0.3) is 5.56 Å². The van der Waals surface area contributed by atoms with Crippen LogP contribution in [-0.2, 0) is 22.6 Å². The molecule has 1 heterocycles. The van der Waals surface area contributed by atoms with Crippen LogP contribution in [0, 0.1) is 0 Å². The van der Waals surface area contributed by atoms with Crippen molar-refractivity contribution in [3.63, 3.8) is 0 Å². The minimum absolute atomic E-state index is 0.127. The topological polar surface area (TPSA) is 51.5 Å². The molecule has 1 aromatic carbocycles. The fourth-order valence-electron chi connectivity index (χ4n) is 2.56. The van der Waals surface area contributed by atoms with Crippen molar-refractivity contribution in [2.24, 2.45) is 0 Å². The maximum absolute atomic E-state index is 12.8. The Morgan fingerprint density at radius 3 is 2.57 bits per heavy atom. The molecule has 0 spiro atoms. The first-order valence-corrected chi connectivity index (χ1v) is 7.99. The summed E-state index contributed by atoms with van der Waals surface area (Å²) < 4.78 is 6.15. The number of esters is 1. The number of ether oxygens (including phenoxy) is 1. The first kappa shape index (κ1) is 17.5. The molecule has 0 fully saturated rings. The van der Waals surface area contributed by atoms with Gasteiger partial charge in [-0.15, -0.1) is 0 Å². The van der Waals surface area contributed by atoms with Crippen molar-refractivity contribution < 1.29 is 9.53 Å². The van der Waals surface area contributed by atoms with Crippen molar-refractivity contribution in [3.05, 3.63) is 45.2 Å². The first-order chi connectivity index (χ1) is 11.0. The smallest absolute Gasteiger partial charge is 0.325 e. The lowest BCUT2D eigenvalue weighted by Crippen LogP contribution is -2.32. The normalized spacial score (nSPS) is 11.2. The summed E-state index contributed by atoms with van der Waals surface area (Å²) in [6, 6.07) is 7.21. The van der Waals surface area contributed by atoms with E-state index in [-0.39, 0.29) is 12.1 Å². The van der Waals surface area contributed by atoms with Crippen LogP contribution >= 0.6 is 11.6 Å². The molecule has 0 amide bonds. The van der Waals surface area contributed by atoms with Gasteiger partial charge in [-0.1, -0.05) is 31.5 Å². The number of rotatable bonds is 6. The summed E-state index contributed by atoms with van der Waals surface area (Å²) in [4.78, 5) is 26.6. The van der Waals surface area contributed by atoms with Gasteiger partial charge in [0.05, 0.1) is 12.6 Å². The number of halogens is 1. The maximum Gasteiger partial charge on any atom is 0.325 e. The summed E-state index contributed by atoms with van der Waals surface area (Å²) in [5.41, 5.74) is 1.11. The number of carbonyl (C=O) groups excluding carboxylic acids is 1. The van der Waals surface area contributed by atoms with Gasteiger partial charge in [-0.25, -0.2) is 0 Å². The van der Waals surface area contributed by atoms with Crippen LogP contribution < -0.4 is 5.56 Å². The van der Waals surface area contributed by atoms with Gasteiger partial charge >= 0.3 is 5.97 Å². The highest BCUT2D eigenvalue weighted by Crippen LogP contribution is 2.20. The van der Waals surface area contributed by atoms with Gasteiger partial charge in [0.15, 0.2) is 0 Å². The Morgan fingerprint density at radius 1 is 1.26 bits per heavy atom. The Kier molecular flexibility index (Phi) is 5.80. The van der Waals surface area contributed by atoms with E-state index in [0.29, 0.717) is 22.6 Å². The van der Waals surface area contributed by atoms with E-state index >= 15 is 0 Å². The molecular formula is C17H21ClN2O3. The SMILES string of the molecule is CCN(CC)Cc1cc2ccc(Cl)cc2n(CC(=O)OC)c1=O. The Labute approximate surface area is 140 Å². The number of benzene rings is 1. The van der Waals surface area contributed by atoms with E-state index in [1.807, 2.05) is 12.1 Å². The zero-order valence-corrected chi connectivity index (χ0v) is 14.4. The van der Waals surface area contributed by atoms with Crippen molar-refractivity contribution in [1.82, 2.24) is 9.47 Å². The molecule has 2 rings (SSSR count). The lowest BCUT2D eigenvalue weighted by molar-refractivity contribution is -0.141. The minimum atomic E-state index is -0.464. The lowest BCUT2D eigenvalue weighted by Gasteiger charge is -2.19. The number of aromatic nitrogens is 1. The number of fused-ring (bicyclic) bond motifs is 1. The van der Waals surface area contributed by atoms with Crippen LogP contribution in [0.15, 0.2) is 29.1 Å². The van der Waals surface area contributed by atoms with Crippen LogP contribution in [-0.4, -0.2) is 35.6 Å². The van der Waals surface area contributed by atoms with E-state index < -0.39 is 5.97 Å². The van der Waals surface area contributed by atoms with Crippen molar-refractivity contribution in [2.45, 2.75) is 26.9 Å². The number of hydrogen-bond donors (Lipinski definition) is 0. The van der Waals surface area contributed by atoms with Gasteiger partial charge < -0.3 is 4.74 Å². The molecule has 0 N–H and O–H groups in total. The molecule has 0 atom stereocenters. The molecule has 0 saturated carbocycles. The summed E-state index contributed by atoms with van der Waals surface area (Å²) in [6.07, 6.45) is 0. The number of hydrogen-bond acceptors (Lipinski definition) is 4. The highest BCUT2D eigenvalue weighted by Gasteiger charge is 2.14. The van der Waals surface area contributed by atoms with Crippen molar-refractivity contribution in [1.29, 1.82) is 0 Å². The van der Waals surface area contributed by atoms with Crippen LogP contribution in [0.5, 0.6) is 0 Å². The molecule has 6 heteroatoms. The van der Waals surface area contributed by atoms with Crippen LogP contribution in [0.4, 0.5) is 0 Å². The molecule has 0 aliphatic heterocycles. The highest BCUT2D eigenvalue weighted by atomic mass is 35.5. The molecule has 0 bridgehead atoms. The standard InChI is InChI=1S/C17H21ClN2O3/c1-4-19(5-2)10-13-8-12-6-7-14(18)9-15(12)20(17(13)22)11-16(21)23-3/h6-9H,4-5,10-11H2,1-3H3. The molecule has 0 saturated heterocycles. The lowest BCUT2D eigenvalue weighted by atomic mass is 10.1. The second-order valence-corrected chi connectivity index (χ2v) is 5.74. The number of nitrogens with zero attached hydrogens (tertiary/aromatic N) is 2. The fraction of sp³-hybridized carbons (Fsp3) is 0.412. The van der Waals surface area contributed by atoms with E-state index in [2.05, 4.69) is 18.7 Å². The number of carbonyl (C=O) groups is 1. The maximum atomic E-state index is 12.8. The monoisotopic (exact) mass is 336 g/mol. The third-order valence-electron chi connectivity index (χ3n) is 3.94. The minimum Gasteiger partial charge on any atom is -0.468 e. The summed E-state index contributed by atoms with van der Waals surface area (Å²) >= 11 is 6.04. The Balaban J connectivity index is 2.61. The zero-order chi connectivity index (χ0) is 17.0. The molecule has 0 radical (unpaired) electrons. The molecule has 0 aliphatic rings. The average molecular weight is 337 g/mol. The van der Waals surface area contributed by atoms with Gasteiger partial charge in [0.1, 0.15) is 6.54 Å². The van der Waals surface area contributed by atoms with Crippen LogP contribution in [0.2, 0.25) is 5.02 Å². The van der Waals surface area contributed by atoms with Crippen molar-refractivity contribution in [2.75, 3.05) is 20.2 Å². The van der Waals surface area contributed by atoms with E-state index in [0.717, 1.165) is 18.5 Å². The summed E-state index contributed by atoms with van der Waals surface area (Å²) in [5, 5.41) is 1.40. The van der Waals surface area contributed by atoms with E-state index in [9.17, 15) is 9.59 Å². The third kappa shape index (κ3) is 3.92. The van der Waals surface area contributed by atoms with Crippen LogP contribution in [0.25, 0.3) is 10.9 Å². The average Bonchev–Trinajstić information content (AvgIpc) is 2.56. The third-order valence-corrected chi connectivity index (χ3v) is 4.17. The van der Waals surface area contributed by atoms with E-state index in [4.69, 9.17) is 16.3 Å². The molecular weight excluding hydrogens is 316 g/mol. The number of methoxy groups -OCH3 is 1. The summed E-state index contributed by atoms with van der Waals surface area (Å²) in [7, 11) is 1.31. The molecule has 124 valence electrons. The molecule has 1 aromatic heterocycles. The van der Waals surface area contributed by atoms with Gasteiger partial charge in [-0.2, -0.15) is 0 Å². The summed E-state index contributed by atoms with van der Waals surface area (Å²) in [6.45, 7) is 6.23. The van der Waals surface area contributed by atoms with E-state index in [1.54, 1.807) is 12.1 Å².